The van der Waals surface area contributed by atoms with Crippen molar-refractivity contribution < 1.29 is 19.4 Å². The normalized spacial score (nSPS) is 16.7. The molecule has 1 aliphatic rings. The van der Waals surface area contributed by atoms with Crippen LogP contribution in [0.1, 0.15) is 66.7 Å². The minimum Gasteiger partial charge on any atom is -0.487 e. The number of halogens is 1. The van der Waals surface area contributed by atoms with Crippen molar-refractivity contribution in [3.05, 3.63) is 99.6 Å². The van der Waals surface area contributed by atoms with Crippen LogP contribution in [-0.2, 0) is 29.6 Å². The van der Waals surface area contributed by atoms with Gasteiger partial charge < -0.3 is 14.7 Å². The molecule has 0 bridgehead atoms. The molecular weight excluding hydrogens is 486 g/mol. The van der Waals surface area contributed by atoms with Crippen molar-refractivity contribution in [2.75, 3.05) is 6.54 Å². The second-order valence-electron chi connectivity index (χ2n) is 11.2. The van der Waals surface area contributed by atoms with E-state index < -0.39 is 11.6 Å². The number of carboxylic acid groups (broad SMARTS) is 1. The van der Waals surface area contributed by atoms with Crippen molar-refractivity contribution >= 4 is 23.5 Å². The third kappa shape index (κ3) is 6.72. The van der Waals surface area contributed by atoms with Crippen LogP contribution in [0.15, 0.2) is 66.7 Å². The summed E-state index contributed by atoms with van der Waals surface area (Å²) in [5.41, 5.74) is 4.37. The van der Waals surface area contributed by atoms with Gasteiger partial charge in [-0.3, -0.25) is 9.59 Å². The Balaban J connectivity index is 1.52. The number of aliphatic carboxylic acids is 1. The molecule has 0 saturated carbocycles. The molecule has 194 valence electrons. The topological polar surface area (TPSA) is 66.8 Å². The van der Waals surface area contributed by atoms with Crippen LogP contribution in [0.2, 0.25) is 5.02 Å². The van der Waals surface area contributed by atoms with Crippen LogP contribution in [0.3, 0.4) is 0 Å². The molecule has 0 radical (unpaired) electrons. The van der Waals surface area contributed by atoms with Crippen molar-refractivity contribution in [2.45, 2.75) is 64.5 Å². The number of rotatable bonds is 8. The van der Waals surface area contributed by atoms with Crippen LogP contribution < -0.4 is 4.74 Å². The first kappa shape index (κ1) is 26.7. The lowest BCUT2D eigenvalue weighted by molar-refractivity contribution is -0.137. The van der Waals surface area contributed by atoms with Crippen molar-refractivity contribution in [1.82, 2.24) is 4.90 Å². The van der Waals surface area contributed by atoms with Gasteiger partial charge in [-0.15, -0.1) is 0 Å². The molecule has 0 spiro atoms. The Bertz CT molecular complexity index is 1300. The Morgan fingerprint density at radius 2 is 1.76 bits per heavy atom. The molecule has 1 aliphatic heterocycles. The Labute approximate surface area is 224 Å². The Kier molecular flexibility index (Phi) is 7.65. The molecule has 0 aromatic heterocycles. The fourth-order valence-electron chi connectivity index (χ4n) is 4.83. The second-order valence-corrected chi connectivity index (χ2v) is 11.6. The molecule has 3 aromatic rings. The number of carboxylic acids is 1. The quantitative estimate of drug-likeness (QED) is 0.360. The predicted molar refractivity (Wildman–Crippen MR) is 146 cm³/mol. The summed E-state index contributed by atoms with van der Waals surface area (Å²) in [6, 6.07) is 21.4. The second kappa shape index (κ2) is 10.6. The molecule has 1 unspecified atom stereocenters. The number of benzene rings is 3. The summed E-state index contributed by atoms with van der Waals surface area (Å²) in [6.07, 6.45) is 1.25. The molecule has 0 aliphatic carbocycles. The van der Waals surface area contributed by atoms with Gasteiger partial charge in [-0.1, -0.05) is 68.8 Å². The molecule has 0 saturated heterocycles. The molecule has 1 heterocycles. The van der Waals surface area contributed by atoms with Crippen LogP contribution in [0, 0.1) is 0 Å². The van der Waals surface area contributed by atoms with E-state index in [9.17, 15) is 14.7 Å². The van der Waals surface area contributed by atoms with Crippen LogP contribution in [0.4, 0.5) is 0 Å². The van der Waals surface area contributed by atoms with Crippen molar-refractivity contribution in [1.29, 1.82) is 0 Å². The van der Waals surface area contributed by atoms with E-state index in [-0.39, 0.29) is 24.3 Å². The largest absolute Gasteiger partial charge is 0.487 e. The fraction of sp³-hybridized carbons (Fsp3) is 0.355. The number of ether oxygens (including phenoxy) is 1. The Morgan fingerprint density at radius 3 is 2.41 bits per heavy atom. The zero-order chi connectivity index (χ0) is 26.8. The van der Waals surface area contributed by atoms with Crippen LogP contribution in [-0.4, -0.2) is 34.0 Å². The van der Waals surface area contributed by atoms with Gasteiger partial charge in [0, 0.05) is 36.5 Å². The SMILES string of the molecule is CC1(Cc2cccc(Cl)c2)Cc2cc(C(=O)N(CCC(=O)O)Cc3ccc(C(C)(C)C)cc3)ccc2O1. The van der Waals surface area contributed by atoms with Crippen molar-refractivity contribution in [3.63, 3.8) is 0 Å². The maximum absolute atomic E-state index is 13.6. The molecule has 6 heteroatoms. The summed E-state index contributed by atoms with van der Waals surface area (Å²) in [7, 11) is 0. The minimum absolute atomic E-state index is 0.0328. The minimum atomic E-state index is -0.931. The fourth-order valence-corrected chi connectivity index (χ4v) is 5.04. The Morgan fingerprint density at radius 1 is 1.03 bits per heavy atom. The van der Waals surface area contributed by atoms with Gasteiger partial charge in [-0.25, -0.2) is 0 Å². The number of carbonyl (C=O) groups is 2. The smallest absolute Gasteiger partial charge is 0.305 e. The molecule has 37 heavy (non-hydrogen) atoms. The number of amides is 1. The van der Waals surface area contributed by atoms with E-state index >= 15 is 0 Å². The zero-order valence-electron chi connectivity index (χ0n) is 21.9. The van der Waals surface area contributed by atoms with E-state index in [0.717, 1.165) is 22.4 Å². The average Bonchev–Trinajstić information content (AvgIpc) is 3.15. The number of hydrogen-bond donors (Lipinski definition) is 1. The third-order valence-corrected chi connectivity index (χ3v) is 7.01. The number of nitrogens with zero attached hydrogens (tertiary/aromatic N) is 1. The lowest BCUT2D eigenvalue weighted by atomic mass is 9.87. The van der Waals surface area contributed by atoms with Crippen molar-refractivity contribution in [3.8, 4) is 5.75 Å². The van der Waals surface area contributed by atoms with E-state index in [1.54, 1.807) is 11.0 Å². The highest BCUT2D eigenvalue weighted by Gasteiger charge is 2.35. The molecule has 1 N–H and O–H groups in total. The number of hydrogen-bond acceptors (Lipinski definition) is 3. The highest BCUT2D eigenvalue weighted by molar-refractivity contribution is 6.30. The molecule has 5 nitrogen and oxygen atoms in total. The maximum Gasteiger partial charge on any atom is 0.305 e. The lowest BCUT2D eigenvalue weighted by Gasteiger charge is -2.24. The van der Waals surface area contributed by atoms with Gasteiger partial charge in [0.05, 0.1) is 6.42 Å². The van der Waals surface area contributed by atoms with E-state index in [0.29, 0.717) is 30.0 Å². The highest BCUT2D eigenvalue weighted by Crippen LogP contribution is 2.38. The van der Waals surface area contributed by atoms with Gasteiger partial charge in [0.2, 0.25) is 0 Å². The zero-order valence-corrected chi connectivity index (χ0v) is 22.6. The summed E-state index contributed by atoms with van der Waals surface area (Å²) in [5, 5.41) is 9.96. The lowest BCUT2D eigenvalue weighted by Crippen LogP contribution is -2.33. The van der Waals surface area contributed by atoms with E-state index in [4.69, 9.17) is 16.3 Å². The van der Waals surface area contributed by atoms with Gasteiger partial charge in [-0.05, 0) is 64.9 Å². The summed E-state index contributed by atoms with van der Waals surface area (Å²) < 4.78 is 6.30. The van der Waals surface area contributed by atoms with Crippen LogP contribution in [0.5, 0.6) is 5.75 Å². The molecule has 0 fully saturated rings. The number of carbonyl (C=O) groups excluding carboxylic acids is 1. The molecule has 1 amide bonds. The monoisotopic (exact) mass is 519 g/mol. The standard InChI is InChI=1S/C31H34ClNO4/c1-30(2,3)25-11-8-21(9-12-25)20-33(15-14-28(34)35)29(36)23-10-13-27-24(17-23)19-31(4,37-27)18-22-6-5-7-26(32)16-22/h5-13,16-17H,14-15,18-20H2,1-4H3,(H,34,35). The van der Waals surface area contributed by atoms with E-state index in [2.05, 4.69) is 39.8 Å². The first-order valence-electron chi connectivity index (χ1n) is 12.6. The van der Waals surface area contributed by atoms with Gasteiger partial charge in [0.25, 0.3) is 5.91 Å². The molecular formula is C31H34ClNO4. The number of fused-ring (bicyclic) bond motifs is 1. The van der Waals surface area contributed by atoms with E-state index in [1.165, 1.54) is 5.56 Å². The van der Waals surface area contributed by atoms with Crippen LogP contribution >= 0.6 is 11.6 Å². The average molecular weight is 520 g/mol. The van der Waals surface area contributed by atoms with Gasteiger partial charge in [0.15, 0.2) is 0 Å². The first-order valence-corrected chi connectivity index (χ1v) is 13.0. The third-order valence-electron chi connectivity index (χ3n) is 6.77. The van der Waals surface area contributed by atoms with Gasteiger partial charge >= 0.3 is 5.97 Å². The summed E-state index contributed by atoms with van der Waals surface area (Å²) in [4.78, 5) is 26.5. The molecule has 4 rings (SSSR count). The summed E-state index contributed by atoms with van der Waals surface area (Å²) in [5.74, 6) is -0.344. The maximum atomic E-state index is 13.6. The predicted octanol–water partition coefficient (Wildman–Crippen LogP) is 6.69. The summed E-state index contributed by atoms with van der Waals surface area (Å²) in [6.45, 7) is 9.01. The Hall–Kier alpha value is -3.31. The van der Waals surface area contributed by atoms with Gasteiger partial charge in [-0.2, -0.15) is 0 Å². The summed E-state index contributed by atoms with van der Waals surface area (Å²) >= 11 is 6.16. The first-order chi connectivity index (χ1) is 17.4. The van der Waals surface area contributed by atoms with Crippen molar-refractivity contribution in [2.24, 2.45) is 0 Å². The van der Waals surface area contributed by atoms with Gasteiger partial charge in [0.1, 0.15) is 11.4 Å². The highest BCUT2D eigenvalue weighted by atomic mass is 35.5. The van der Waals surface area contributed by atoms with Crippen LogP contribution in [0.25, 0.3) is 0 Å². The molecule has 3 aromatic carbocycles. The van der Waals surface area contributed by atoms with E-state index in [1.807, 2.05) is 48.5 Å². The molecule has 1 atom stereocenters.